The van der Waals surface area contributed by atoms with E-state index in [1.807, 2.05) is 13.8 Å². The van der Waals surface area contributed by atoms with Crippen molar-refractivity contribution in [1.82, 2.24) is 9.97 Å². The minimum Gasteiger partial charge on any atom is -0.237 e. The molecule has 19 heavy (non-hydrogen) atoms. The molecule has 100 valence electrons. The summed E-state index contributed by atoms with van der Waals surface area (Å²) in [6.45, 7) is 3.70. The van der Waals surface area contributed by atoms with E-state index in [1.165, 1.54) is 18.5 Å². The van der Waals surface area contributed by atoms with E-state index in [2.05, 4.69) is 9.97 Å². The van der Waals surface area contributed by atoms with Crippen LogP contribution in [0.5, 0.6) is 0 Å². The Labute approximate surface area is 109 Å². The topological polar surface area (TPSA) is 25.8 Å². The Kier molecular flexibility index (Phi) is 3.55. The van der Waals surface area contributed by atoms with Gasteiger partial charge < -0.3 is 0 Å². The first-order chi connectivity index (χ1) is 8.88. The number of alkyl halides is 3. The van der Waals surface area contributed by atoms with Gasteiger partial charge in [0.05, 0.1) is 5.56 Å². The average molecular weight is 266 g/mol. The maximum Gasteiger partial charge on any atom is 0.416 e. The van der Waals surface area contributed by atoms with Gasteiger partial charge in [-0.15, -0.1) is 0 Å². The molecule has 1 heterocycles. The molecule has 2 aromatic rings. The van der Waals surface area contributed by atoms with Gasteiger partial charge in [-0.25, -0.2) is 9.97 Å². The highest BCUT2D eigenvalue weighted by atomic mass is 19.4. The molecule has 0 spiro atoms. The van der Waals surface area contributed by atoms with Gasteiger partial charge in [-0.1, -0.05) is 13.8 Å². The van der Waals surface area contributed by atoms with E-state index in [0.717, 1.165) is 6.07 Å². The second kappa shape index (κ2) is 4.99. The summed E-state index contributed by atoms with van der Waals surface area (Å²) in [5.74, 6) is 0.306. The van der Waals surface area contributed by atoms with E-state index in [0.29, 0.717) is 17.0 Å². The van der Waals surface area contributed by atoms with Crippen LogP contribution in [-0.4, -0.2) is 9.97 Å². The van der Waals surface area contributed by atoms with Crippen LogP contribution in [-0.2, 0) is 6.18 Å². The smallest absolute Gasteiger partial charge is 0.237 e. The minimum atomic E-state index is -4.37. The van der Waals surface area contributed by atoms with Crippen LogP contribution in [0.1, 0.15) is 30.9 Å². The molecule has 0 fully saturated rings. The Hall–Kier alpha value is -1.91. The van der Waals surface area contributed by atoms with Crippen molar-refractivity contribution in [2.75, 3.05) is 0 Å². The van der Waals surface area contributed by atoms with Gasteiger partial charge in [-0.2, -0.15) is 13.2 Å². The Morgan fingerprint density at radius 2 is 1.63 bits per heavy atom. The number of benzene rings is 1. The Bertz CT molecular complexity index is 563. The lowest BCUT2D eigenvalue weighted by atomic mass is 9.97. The van der Waals surface area contributed by atoms with Gasteiger partial charge in [-0.05, 0) is 35.7 Å². The summed E-state index contributed by atoms with van der Waals surface area (Å²) < 4.78 is 38.7. The minimum absolute atomic E-state index is 0.00441. The summed E-state index contributed by atoms with van der Waals surface area (Å²) >= 11 is 0. The van der Waals surface area contributed by atoms with Crippen LogP contribution in [0.3, 0.4) is 0 Å². The third kappa shape index (κ3) is 3.10. The zero-order valence-corrected chi connectivity index (χ0v) is 10.6. The molecule has 2 rings (SSSR count). The maximum atomic E-state index is 12.9. The van der Waals surface area contributed by atoms with E-state index in [9.17, 15) is 13.2 Å². The summed E-state index contributed by atoms with van der Waals surface area (Å²) in [5, 5.41) is 0. The van der Waals surface area contributed by atoms with Gasteiger partial charge in [0.1, 0.15) is 0 Å². The highest BCUT2D eigenvalue weighted by Crippen LogP contribution is 2.34. The fraction of sp³-hybridized carbons (Fsp3) is 0.286. The van der Waals surface area contributed by atoms with Crippen molar-refractivity contribution in [3.05, 3.63) is 47.8 Å². The van der Waals surface area contributed by atoms with Gasteiger partial charge in [0.2, 0.25) is 0 Å². The molecule has 0 radical (unpaired) electrons. The maximum absolute atomic E-state index is 12.9. The lowest BCUT2D eigenvalue weighted by Crippen LogP contribution is -2.07. The number of nitrogens with zero attached hydrogens (tertiary/aromatic N) is 2. The molecule has 5 heteroatoms. The van der Waals surface area contributed by atoms with Gasteiger partial charge in [0.15, 0.2) is 5.82 Å². The van der Waals surface area contributed by atoms with Crippen LogP contribution in [0.4, 0.5) is 13.2 Å². The molecule has 0 N–H and O–H groups in total. The predicted octanol–water partition coefficient (Wildman–Crippen LogP) is 4.29. The van der Waals surface area contributed by atoms with Crippen molar-refractivity contribution >= 4 is 0 Å². The molecule has 0 bridgehead atoms. The van der Waals surface area contributed by atoms with Crippen molar-refractivity contribution < 1.29 is 13.2 Å². The lowest BCUT2D eigenvalue weighted by Gasteiger charge is -2.13. The summed E-state index contributed by atoms with van der Waals surface area (Å²) in [4.78, 5) is 7.99. The second-order valence-electron chi connectivity index (χ2n) is 4.57. The molecule has 1 aromatic heterocycles. The van der Waals surface area contributed by atoms with Gasteiger partial charge in [-0.3, -0.25) is 0 Å². The molecule has 0 aliphatic heterocycles. The van der Waals surface area contributed by atoms with E-state index < -0.39 is 11.7 Å². The van der Waals surface area contributed by atoms with Crippen LogP contribution in [0.15, 0.2) is 36.7 Å². The zero-order valence-electron chi connectivity index (χ0n) is 10.6. The molecule has 0 amide bonds. The second-order valence-corrected chi connectivity index (χ2v) is 4.57. The van der Waals surface area contributed by atoms with Crippen molar-refractivity contribution in [2.24, 2.45) is 0 Å². The molecule has 2 nitrogen and oxygen atoms in total. The van der Waals surface area contributed by atoms with Gasteiger partial charge in [0, 0.05) is 18.0 Å². The van der Waals surface area contributed by atoms with E-state index in [-0.39, 0.29) is 5.92 Å². The molecule has 0 saturated heterocycles. The molecular weight excluding hydrogens is 253 g/mol. The number of hydrogen-bond acceptors (Lipinski definition) is 2. The molecule has 0 unspecified atom stereocenters. The van der Waals surface area contributed by atoms with E-state index in [1.54, 1.807) is 12.1 Å². The first-order valence-electron chi connectivity index (χ1n) is 5.87. The fourth-order valence-corrected chi connectivity index (χ4v) is 1.73. The van der Waals surface area contributed by atoms with Crippen LogP contribution < -0.4 is 0 Å². The van der Waals surface area contributed by atoms with Crippen LogP contribution in [0.25, 0.3) is 11.4 Å². The summed E-state index contributed by atoms with van der Waals surface area (Å²) in [5.41, 5.74) is 0.345. The zero-order chi connectivity index (χ0) is 14.0. The summed E-state index contributed by atoms with van der Waals surface area (Å²) in [6, 6.07) is 5.59. The fourth-order valence-electron chi connectivity index (χ4n) is 1.73. The van der Waals surface area contributed by atoms with Crippen molar-refractivity contribution in [3.63, 3.8) is 0 Å². The number of aromatic nitrogens is 2. The van der Waals surface area contributed by atoms with Gasteiger partial charge >= 0.3 is 6.18 Å². The lowest BCUT2D eigenvalue weighted by molar-refractivity contribution is -0.137. The van der Waals surface area contributed by atoms with Crippen molar-refractivity contribution in [1.29, 1.82) is 0 Å². The highest BCUT2D eigenvalue weighted by Gasteiger charge is 2.31. The first kappa shape index (κ1) is 13.5. The van der Waals surface area contributed by atoms with Crippen LogP contribution in [0.2, 0.25) is 0 Å². The summed E-state index contributed by atoms with van der Waals surface area (Å²) in [6.07, 6.45) is -1.34. The van der Waals surface area contributed by atoms with Crippen molar-refractivity contribution in [3.8, 4) is 11.4 Å². The third-order valence-corrected chi connectivity index (χ3v) is 2.77. The normalized spacial score (nSPS) is 11.9. The Morgan fingerprint density at radius 1 is 1.00 bits per heavy atom. The average Bonchev–Trinajstić information content (AvgIpc) is 2.38. The first-order valence-corrected chi connectivity index (χ1v) is 5.87. The van der Waals surface area contributed by atoms with Gasteiger partial charge in [0.25, 0.3) is 0 Å². The van der Waals surface area contributed by atoms with Crippen molar-refractivity contribution in [2.45, 2.75) is 25.9 Å². The molecular formula is C14H13F3N2. The molecule has 0 aliphatic carbocycles. The third-order valence-electron chi connectivity index (χ3n) is 2.77. The molecule has 0 atom stereocenters. The number of rotatable bonds is 2. The molecule has 1 aromatic carbocycles. The monoisotopic (exact) mass is 266 g/mol. The SMILES string of the molecule is CC(C)c1cc(-c2ncccn2)cc(C(F)(F)F)c1. The summed E-state index contributed by atoms with van der Waals surface area (Å²) in [7, 11) is 0. The van der Waals surface area contributed by atoms with Crippen LogP contribution in [0, 0.1) is 0 Å². The predicted molar refractivity (Wildman–Crippen MR) is 66.6 cm³/mol. The largest absolute Gasteiger partial charge is 0.416 e. The number of halogens is 3. The quantitative estimate of drug-likeness (QED) is 0.810. The number of hydrogen-bond donors (Lipinski definition) is 0. The Balaban J connectivity index is 2.59. The highest BCUT2D eigenvalue weighted by molar-refractivity contribution is 5.58. The molecule has 0 saturated carbocycles. The standard InChI is InChI=1S/C14H13F3N2/c1-9(2)10-6-11(13-18-4-3-5-19-13)8-12(7-10)14(15,16)17/h3-9H,1-2H3. The van der Waals surface area contributed by atoms with Crippen LogP contribution >= 0.6 is 0 Å². The molecule has 0 aliphatic rings. The van der Waals surface area contributed by atoms with E-state index in [4.69, 9.17) is 0 Å². The van der Waals surface area contributed by atoms with E-state index >= 15 is 0 Å². The Morgan fingerprint density at radius 3 is 2.16 bits per heavy atom.